The third-order valence-electron chi connectivity index (χ3n) is 3.70. The summed E-state index contributed by atoms with van der Waals surface area (Å²) in [5.74, 6) is -0.493. The second-order valence-electron chi connectivity index (χ2n) is 5.13. The molecule has 20 heavy (non-hydrogen) atoms. The van der Waals surface area contributed by atoms with E-state index >= 15 is 0 Å². The topological polar surface area (TPSA) is 83.7 Å². The first kappa shape index (κ1) is 14.3. The van der Waals surface area contributed by atoms with Crippen LogP contribution in [-0.2, 0) is 4.79 Å². The van der Waals surface area contributed by atoms with Crippen LogP contribution in [-0.4, -0.2) is 29.1 Å². The van der Waals surface area contributed by atoms with E-state index in [0.717, 1.165) is 19.4 Å². The summed E-state index contributed by atoms with van der Waals surface area (Å²) in [6, 6.07) is 6.73. The van der Waals surface area contributed by atoms with Gasteiger partial charge in [-0.1, -0.05) is 12.1 Å². The predicted molar refractivity (Wildman–Crippen MR) is 74.9 cm³/mol. The summed E-state index contributed by atoms with van der Waals surface area (Å²) < 4.78 is 0. The third kappa shape index (κ3) is 3.46. The number of nitrogens with zero attached hydrogens (tertiary/aromatic N) is 2. The lowest BCUT2D eigenvalue weighted by Crippen LogP contribution is -2.36. The van der Waals surface area contributed by atoms with Crippen LogP contribution in [0, 0.1) is 16.0 Å². The molecule has 0 aromatic heterocycles. The Morgan fingerprint density at radius 3 is 2.90 bits per heavy atom. The van der Waals surface area contributed by atoms with Gasteiger partial charge < -0.3 is 10.0 Å². The number of carbonyl (C=O) groups is 1. The number of aliphatic carboxylic acids is 1. The van der Waals surface area contributed by atoms with E-state index in [0.29, 0.717) is 24.6 Å². The van der Waals surface area contributed by atoms with Crippen LogP contribution in [0.2, 0.25) is 0 Å². The Morgan fingerprint density at radius 2 is 2.20 bits per heavy atom. The number of nitro groups is 1. The molecule has 0 aliphatic carbocycles. The predicted octanol–water partition coefficient (Wildman–Crippen LogP) is 2.68. The van der Waals surface area contributed by atoms with E-state index in [1.54, 1.807) is 18.2 Å². The number of carboxylic acid groups (broad SMARTS) is 1. The van der Waals surface area contributed by atoms with Gasteiger partial charge in [-0.2, -0.15) is 0 Å². The van der Waals surface area contributed by atoms with Gasteiger partial charge in [-0.05, 0) is 31.2 Å². The molecule has 0 bridgehead atoms. The molecule has 0 saturated carbocycles. The van der Waals surface area contributed by atoms with Gasteiger partial charge in [0.05, 0.1) is 4.92 Å². The van der Waals surface area contributed by atoms with Crippen molar-refractivity contribution in [1.82, 2.24) is 0 Å². The molecule has 6 heteroatoms. The van der Waals surface area contributed by atoms with Crippen molar-refractivity contribution in [2.45, 2.75) is 25.7 Å². The minimum Gasteiger partial charge on any atom is -0.481 e. The number of nitro benzene ring substituents is 1. The number of para-hydroxylation sites is 2. The number of hydrogen-bond acceptors (Lipinski definition) is 4. The average Bonchev–Trinajstić information content (AvgIpc) is 2.45. The minimum atomic E-state index is -0.784. The number of hydrogen-bond donors (Lipinski definition) is 1. The highest BCUT2D eigenvalue weighted by molar-refractivity contribution is 5.66. The molecule has 1 fully saturated rings. The molecule has 1 saturated heterocycles. The molecule has 0 spiro atoms. The van der Waals surface area contributed by atoms with Crippen molar-refractivity contribution in [2.24, 2.45) is 5.92 Å². The quantitative estimate of drug-likeness (QED) is 0.661. The lowest BCUT2D eigenvalue weighted by molar-refractivity contribution is -0.384. The molecule has 1 unspecified atom stereocenters. The summed E-state index contributed by atoms with van der Waals surface area (Å²) in [4.78, 5) is 23.3. The van der Waals surface area contributed by atoms with Crippen molar-refractivity contribution in [3.8, 4) is 0 Å². The maximum atomic E-state index is 11.1. The summed E-state index contributed by atoms with van der Waals surface area (Å²) in [5.41, 5.74) is 0.754. The van der Waals surface area contributed by atoms with Crippen LogP contribution < -0.4 is 4.90 Å². The second-order valence-corrected chi connectivity index (χ2v) is 5.13. The van der Waals surface area contributed by atoms with Crippen LogP contribution in [0.25, 0.3) is 0 Å². The summed E-state index contributed by atoms with van der Waals surface area (Å²) >= 11 is 0. The van der Waals surface area contributed by atoms with Crippen molar-refractivity contribution >= 4 is 17.3 Å². The van der Waals surface area contributed by atoms with E-state index in [9.17, 15) is 14.9 Å². The number of anilines is 1. The van der Waals surface area contributed by atoms with Gasteiger partial charge >= 0.3 is 5.97 Å². The molecule has 2 rings (SSSR count). The van der Waals surface area contributed by atoms with Gasteiger partial charge in [0.1, 0.15) is 5.69 Å². The van der Waals surface area contributed by atoms with Crippen molar-refractivity contribution in [3.63, 3.8) is 0 Å². The van der Waals surface area contributed by atoms with E-state index in [2.05, 4.69) is 0 Å². The van der Waals surface area contributed by atoms with Gasteiger partial charge in [-0.15, -0.1) is 0 Å². The van der Waals surface area contributed by atoms with Gasteiger partial charge in [0, 0.05) is 25.6 Å². The Bertz CT molecular complexity index is 504. The van der Waals surface area contributed by atoms with Crippen molar-refractivity contribution in [3.05, 3.63) is 34.4 Å². The number of carboxylic acids is 1. The number of benzene rings is 1. The van der Waals surface area contributed by atoms with Gasteiger partial charge in [0.15, 0.2) is 0 Å². The van der Waals surface area contributed by atoms with Gasteiger partial charge in [-0.25, -0.2) is 0 Å². The molecule has 0 radical (unpaired) electrons. The molecule has 6 nitrogen and oxygen atoms in total. The van der Waals surface area contributed by atoms with Crippen molar-refractivity contribution < 1.29 is 14.8 Å². The van der Waals surface area contributed by atoms with Gasteiger partial charge in [0.25, 0.3) is 5.69 Å². The lowest BCUT2D eigenvalue weighted by Gasteiger charge is -2.33. The molecule has 1 aliphatic heterocycles. The average molecular weight is 278 g/mol. The molecule has 1 aromatic rings. The fourth-order valence-corrected chi connectivity index (χ4v) is 2.73. The molecular weight excluding hydrogens is 260 g/mol. The van der Waals surface area contributed by atoms with E-state index in [4.69, 9.17) is 5.11 Å². The molecule has 0 amide bonds. The van der Waals surface area contributed by atoms with Crippen LogP contribution >= 0.6 is 0 Å². The Kier molecular flexibility index (Phi) is 4.55. The fraction of sp³-hybridized carbons (Fsp3) is 0.500. The van der Waals surface area contributed by atoms with Gasteiger partial charge in [-0.3, -0.25) is 14.9 Å². The van der Waals surface area contributed by atoms with Crippen LogP contribution in [0.15, 0.2) is 24.3 Å². The van der Waals surface area contributed by atoms with E-state index < -0.39 is 5.97 Å². The number of rotatable bonds is 5. The highest BCUT2D eigenvalue weighted by atomic mass is 16.6. The zero-order valence-corrected chi connectivity index (χ0v) is 11.2. The van der Waals surface area contributed by atoms with Crippen LogP contribution in [0.5, 0.6) is 0 Å². The molecule has 1 aliphatic rings. The first-order valence-corrected chi connectivity index (χ1v) is 6.78. The highest BCUT2D eigenvalue weighted by Crippen LogP contribution is 2.32. The highest BCUT2D eigenvalue weighted by Gasteiger charge is 2.25. The van der Waals surface area contributed by atoms with Crippen molar-refractivity contribution in [2.75, 3.05) is 18.0 Å². The summed E-state index contributed by atoms with van der Waals surface area (Å²) in [6.45, 7) is 1.48. The monoisotopic (exact) mass is 278 g/mol. The molecule has 1 heterocycles. The Morgan fingerprint density at radius 1 is 1.45 bits per heavy atom. The van der Waals surface area contributed by atoms with E-state index in [-0.39, 0.29) is 17.0 Å². The fourth-order valence-electron chi connectivity index (χ4n) is 2.73. The van der Waals surface area contributed by atoms with E-state index in [1.807, 2.05) is 4.90 Å². The SMILES string of the molecule is O=C(O)CCC1CCCN(c2ccccc2[N+](=O)[O-])C1. The van der Waals surface area contributed by atoms with Crippen LogP contribution in [0.1, 0.15) is 25.7 Å². The summed E-state index contributed by atoms with van der Waals surface area (Å²) in [5, 5.41) is 19.8. The lowest BCUT2D eigenvalue weighted by atomic mass is 9.93. The first-order chi connectivity index (χ1) is 9.58. The third-order valence-corrected chi connectivity index (χ3v) is 3.70. The maximum Gasteiger partial charge on any atom is 0.303 e. The Hall–Kier alpha value is -2.11. The Balaban J connectivity index is 2.09. The van der Waals surface area contributed by atoms with E-state index in [1.165, 1.54) is 6.07 Å². The minimum absolute atomic E-state index is 0.117. The maximum absolute atomic E-state index is 11.1. The standard InChI is InChI=1S/C14H18N2O4/c17-14(18)8-7-11-4-3-9-15(10-11)12-5-1-2-6-13(12)16(19)20/h1-2,5-6,11H,3-4,7-10H2,(H,17,18). The zero-order chi connectivity index (χ0) is 14.5. The zero-order valence-electron chi connectivity index (χ0n) is 11.2. The largest absolute Gasteiger partial charge is 0.481 e. The summed E-state index contributed by atoms with van der Waals surface area (Å²) in [7, 11) is 0. The smallest absolute Gasteiger partial charge is 0.303 e. The molecule has 108 valence electrons. The normalized spacial score (nSPS) is 18.8. The second kappa shape index (κ2) is 6.36. The van der Waals surface area contributed by atoms with Crippen LogP contribution in [0.3, 0.4) is 0 Å². The molecule has 1 N–H and O–H groups in total. The molecule has 1 atom stereocenters. The molecular formula is C14H18N2O4. The summed E-state index contributed by atoms with van der Waals surface area (Å²) in [6.07, 6.45) is 2.72. The Labute approximate surface area is 117 Å². The van der Waals surface area contributed by atoms with Crippen molar-refractivity contribution in [1.29, 1.82) is 0 Å². The van der Waals surface area contributed by atoms with Crippen LogP contribution in [0.4, 0.5) is 11.4 Å². The molecule has 1 aromatic carbocycles. The first-order valence-electron chi connectivity index (χ1n) is 6.78. The van der Waals surface area contributed by atoms with Gasteiger partial charge in [0.2, 0.25) is 0 Å². The number of piperidine rings is 1.